The monoisotopic (exact) mass is 962 g/mol. The summed E-state index contributed by atoms with van der Waals surface area (Å²) in [5.41, 5.74) is 12.9. The van der Waals surface area contributed by atoms with Crippen molar-refractivity contribution < 1.29 is 0 Å². The normalized spacial score (nSPS) is 21.5. The predicted octanol–water partition coefficient (Wildman–Crippen LogP) is 11.3. The van der Waals surface area contributed by atoms with E-state index in [0.717, 1.165) is 94.4 Å². The van der Waals surface area contributed by atoms with Gasteiger partial charge in [0.2, 0.25) is 6.29 Å². The molecule has 74 heavy (non-hydrogen) atoms. The average molecular weight is 963 g/mol. The highest BCUT2D eigenvalue weighted by molar-refractivity contribution is 6.12. The van der Waals surface area contributed by atoms with Crippen molar-refractivity contribution in [1.29, 1.82) is 0 Å². The Morgan fingerprint density at radius 2 is 0.878 bits per heavy atom. The summed E-state index contributed by atoms with van der Waals surface area (Å²) >= 11 is 0. The molecule has 10 aromatic rings. The first-order valence-electron chi connectivity index (χ1n) is 25.1. The van der Waals surface area contributed by atoms with Crippen molar-refractivity contribution in [2.75, 3.05) is 0 Å². The Balaban J connectivity index is 0.762. The van der Waals surface area contributed by atoms with Crippen LogP contribution in [-0.2, 0) is 0 Å². The standard InChI is InChI=1S/C62H50N12/c1-5-17-39(18-6-1)55-67-56(40-19-7-2-8-20-40)70-59(69-55)45-35-63-61(64-36-45)73-51-27-15-13-25-47(51)49-33-43(29-31-53(49)73)44-30-32-54-50(34-44)48-26-14-16-28-52(48)74(54)62-65-37-46(38-66-62)60-71-57(41-21-9-3-10-22-41)68-58(72-60)42-23-11-4-12-24-42/h1-38,55-57,60-62,65,67,69-71H,(H,68,72). The number of hydrogen-bond donors (Lipinski definition) is 6. The number of benzene rings is 8. The Hall–Kier alpha value is -9.36. The highest BCUT2D eigenvalue weighted by Crippen LogP contribution is 2.39. The first-order valence-corrected chi connectivity index (χ1v) is 25.1. The van der Waals surface area contributed by atoms with E-state index in [0.29, 0.717) is 0 Å². The second-order valence-electron chi connectivity index (χ2n) is 19.0. The Kier molecular flexibility index (Phi) is 10.8. The maximum atomic E-state index is 5.16. The maximum Gasteiger partial charge on any atom is 0.220 e. The summed E-state index contributed by atoms with van der Waals surface area (Å²) in [5, 5.41) is 26.7. The van der Waals surface area contributed by atoms with Crippen LogP contribution in [0.25, 0.3) is 54.7 Å². The molecule has 5 unspecified atom stereocenters. The minimum atomic E-state index is -0.477. The van der Waals surface area contributed by atoms with Gasteiger partial charge in [-0.2, -0.15) is 0 Å². The molecule has 6 N–H and O–H groups in total. The maximum absolute atomic E-state index is 5.16. The number of para-hydroxylation sites is 2. The summed E-state index contributed by atoms with van der Waals surface area (Å²) in [6.45, 7) is 0. The molecule has 0 saturated carbocycles. The fourth-order valence-corrected chi connectivity index (χ4v) is 10.9. The molecule has 358 valence electrons. The van der Waals surface area contributed by atoms with E-state index in [2.05, 4.69) is 217 Å². The fourth-order valence-electron chi connectivity index (χ4n) is 10.9. The molecule has 14 rings (SSSR count). The fraction of sp³-hybridized carbons (Fsp3) is 0.0968. The Morgan fingerprint density at radius 3 is 1.43 bits per heavy atom. The van der Waals surface area contributed by atoms with Crippen LogP contribution in [0.5, 0.6) is 0 Å². The van der Waals surface area contributed by atoms with Gasteiger partial charge in [0.1, 0.15) is 36.3 Å². The van der Waals surface area contributed by atoms with Crippen LogP contribution in [0, 0.1) is 0 Å². The van der Waals surface area contributed by atoms with E-state index in [1.165, 1.54) is 5.39 Å². The van der Waals surface area contributed by atoms with Crippen molar-refractivity contribution in [1.82, 2.24) is 41.0 Å². The Bertz CT molecular complexity index is 3880. The third-order valence-electron chi connectivity index (χ3n) is 14.5. The minimum Gasteiger partial charge on any atom is -0.352 e. The van der Waals surface area contributed by atoms with Crippen LogP contribution in [0.3, 0.4) is 0 Å². The van der Waals surface area contributed by atoms with Crippen LogP contribution in [0.15, 0.2) is 249 Å². The first kappa shape index (κ1) is 43.4. The molecule has 0 spiro atoms. The average Bonchev–Trinajstić information content (AvgIpc) is 4.02. The number of aromatic nitrogens is 2. The SMILES string of the molecule is C1=NC(n2c3ccccc3c3cc(-c4ccc5c(c4)c4ccccc4n5C4N=CC(C5N=C(c6ccccc6)NC(c6ccccc6)N5)=CN4)ccc32)N=CC1=C1NC(c2ccccc2)NC(c2ccccc2)N1. The topological polar surface area (TPSA) is 131 Å². The lowest BCUT2D eigenvalue weighted by molar-refractivity contribution is 0.310. The summed E-state index contributed by atoms with van der Waals surface area (Å²) in [4.78, 5) is 20.5. The summed E-state index contributed by atoms with van der Waals surface area (Å²) in [6, 6.07) is 72.3. The highest BCUT2D eigenvalue weighted by Gasteiger charge is 2.30. The quantitative estimate of drug-likeness (QED) is 0.0899. The van der Waals surface area contributed by atoms with Gasteiger partial charge in [0.25, 0.3) is 0 Å². The van der Waals surface area contributed by atoms with Gasteiger partial charge >= 0.3 is 0 Å². The van der Waals surface area contributed by atoms with Crippen LogP contribution in [0.2, 0.25) is 0 Å². The third kappa shape index (κ3) is 7.80. The van der Waals surface area contributed by atoms with Gasteiger partial charge in [-0.25, -0.2) is 20.0 Å². The summed E-state index contributed by atoms with van der Waals surface area (Å²) < 4.78 is 4.54. The molecule has 4 aliphatic rings. The molecule has 0 bridgehead atoms. The molecule has 0 radical (unpaired) electrons. The van der Waals surface area contributed by atoms with Gasteiger partial charge in [-0.15, -0.1) is 0 Å². The number of nitrogens with zero attached hydrogens (tertiary/aromatic N) is 6. The lowest BCUT2D eigenvalue weighted by Crippen LogP contribution is -2.51. The number of hydrogen-bond acceptors (Lipinski definition) is 10. The van der Waals surface area contributed by atoms with Gasteiger partial charge in [-0.3, -0.25) is 15.2 Å². The molecule has 12 nitrogen and oxygen atoms in total. The zero-order valence-electron chi connectivity index (χ0n) is 40.1. The molecular formula is C62H50N12. The molecule has 4 aliphatic heterocycles. The first-order chi connectivity index (χ1) is 36.7. The molecule has 8 aromatic carbocycles. The zero-order chi connectivity index (χ0) is 49.0. The summed E-state index contributed by atoms with van der Waals surface area (Å²) in [7, 11) is 0. The lowest BCUT2D eigenvalue weighted by atomic mass is 10.0. The van der Waals surface area contributed by atoms with Gasteiger partial charge in [-0.05, 0) is 64.2 Å². The summed E-state index contributed by atoms with van der Waals surface area (Å²) in [5.74, 6) is 1.70. The lowest BCUT2D eigenvalue weighted by Gasteiger charge is -2.37. The van der Waals surface area contributed by atoms with Gasteiger partial charge in [0, 0.05) is 57.5 Å². The van der Waals surface area contributed by atoms with Crippen molar-refractivity contribution in [3.63, 3.8) is 0 Å². The van der Waals surface area contributed by atoms with Crippen molar-refractivity contribution in [3.8, 4) is 11.1 Å². The van der Waals surface area contributed by atoms with E-state index >= 15 is 0 Å². The third-order valence-corrected chi connectivity index (χ3v) is 14.5. The summed E-state index contributed by atoms with van der Waals surface area (Å²) in [6.07, 6.45) is 6.37. The predicted molar refractivity (Wildman–Crippen MR) is 300 cm³/mol. The molecule has 2 aromatic heterocycles. The molecule has 12 heteroatoms. The van der Waals surface area contributed by atoms with E-state index in [1.807, 2.05) is 55.0 Å². The van der Waals surface area contributed by atoms with Gasteiger partial charge < -0.3 is 25.8 Å². The van der Waals surface area contributed by atoms with Crippen LogP contribution in [0.4, 0.5) is 0 Å². The minimum absolute atomic E-state index is 0.118. The number of amidine groups is 1. The number of rotatable bonds is 8. The number of nitrogens with one attached hydrogen (secondary N) is 6. The van der Waals surface area contributed by atoms with E-state index in [9.17, 15) is 0 Å². The molecule has 5 atom stereocenters. The Labute approximate surface area is 427 Å². The molecule has 1 fully saturated rings. The van der Waals surface area contributed by atoms with Crippen LogP contribution >= 0.6 is 0 Å². The van der Waals surface area contributed by atoms with Crippen molar-refractivity contribution >= 4 is 68.1 Å². The van der Waals surface area contributed by atoms with Gasteiger partial charge in [-0.1, -0.05) is 170 Å². The van der Waals surface area contributed by atoms with Gasteiger partial charge in [0.15, 0.2) is 6.29 Å². The van der Waals surface area contributed by atoms with E-state index in [4.69, 9.17) is 20.0 Å². The van der Waals surface area contributed by atoms with Crippen molar-refractivity contribution in [3.05, 3.63) is 252 Å². The second kappa shape index (κ2) is 18.4. The number of allylic oxidation sites excluding steroid dienone is 1. The smallest absolute Gasteiger partial charge is 0.220 e. The molecule has 0 amide bonds. The molecule has 6 heterocycles. The molecular weight excluding hydrogens is 913 g/mol. The number of aliphatic imine (C=N–C) groups is 4. The van der Waals surface area contributed by atoms with Crippen molar-refractivity contribution in [2.45, 2.75) is 37.2 Å². The number of fused-ring (bicyclic) bond motifs is 6. The van der Waals surface area contributed by atoms with E-state index in [1.54, 1.807) is 0 Å². The van der Waals surface area contributed by atoms with Crippen LogP contribution in [0.1, 0.15) is 53.3 Å². The zero-order valence-corrected chi connectivity index (χ0v) is 40.1. The largest absolute Gasteiger partial charge is 0.352 e. The van der Waals surface area contributed by atoms with E-state index in [-0.39, 0.29) is 31.0 Å². The van der Waals surface area contributed by atoms with Crippen LogP contribution < -0.4 is 31.9 Å². The highest BCUT2D eigenvalue weighted by atomic mass is 15.3. The van der Waals surface area contributed by atoms with Gasteiger partial charge in [0.05, 0.1) is 27.6 Å². The molecule has 0 aliphatic carbocycles. The second-order valence-corrected chi connectivity index (χ2v) is 19.0. The Morgan fingerprint density at radius 1 is 0.392 bits per heavy atom. The van der Waals surface area contributed by atoms with Crippen LogP contribution in [-0.4, -0.2) is 39.8 Å². The molecule has 1 saturated heterocycles. The van der Waals surface area contributed by atoms with Crippen molar-refractivity contribution in [2.24, 2.45) is 20.0 Å². The van der Waals surface area contributed by atoms with E-state index < -0.39 is 6.29 Å².